The Balaban J connectivity index is 2.70. The van der Waals surface area contributed by atoms with Gasteiger partial charge in [-0.15, -0.1) is 0 Å². The number of hydrogen-bond donors (Lipinski definition) is 1. The van der Waals surface area contributed by atoms with Crippen molar-refractivity contribution in [1.29, 1.82) is 0 Å². The topological polar surface area (TPSA) is 33.1 Å². The van der Waals surface area contributed by atoms with E-state index in [0.29, 0.717) is 11.1 Å². The SMILES string of the molecule is CCCC[Si](C)(C)c1c(I)nc(-c2ccc(F)cc2)c(F)c1C(C)CO. The van der Waals surface area contributed by atoms with Crippen molar-refractivity contribution in [2.24, 2.45) is 0 Å². The minimum atomic E-state index is -1.91. The van der Waals surface area contributed by atoms with Crippen molar-refractivity contribution in [3.63, 3.8) is 0 Å². The summed E-state index contributed by atoms with van der Waals surface area (Å²) in [5, 5.41) is 10.8. The van der Waals surface area contributed by atoms with Crippen molar-refractivity contribution < 1.29 is 13.9 Å². The molecule has 0 saturated heterocycles. The first-order valence-corrected chi connectivity index (χ1v) is 13.3. The van der Waals surface area contributed by atoms with Crippen LogP contribution in [0.5, 0.6) is 0 Å². The van der Waals surface area contributed by atoms with Crippen LogP contribution in [0.4, 0.5) is 8.78 Å². The molecule has 1 aromatic heterocycles. The molecule has 0 saturated carbocycles. The second kappa shape index (κ2) is 8.88. The van der Waals surface area contributed by atoms with Gasteiger partial charge in [-0.25, -0.2) is 13.8 Å². The summed E-state index contributed by atoms with van der Waals surface area (Å²) < 4.78 is 29.6. The third kappa shape index (κ3) is 4.51. The molecular formula is C20H26F2INOSi. The number of aliphatic hydroxyl groups excluding tert-OH is 1. The van der Waals surface area contributed by atoms with Crippen molar-refractivity contribution in [1.82, 2.24) is 4.98 Å². The van der Waals surface area contributed by atoms with Crippen LogP contribution in [0.25, 0.3) is 11.3 Å². The summed E-state index contributed by atoms with van der Waals surface area (Å²) in [6.45, 7) is 8.36. The first-order valence-electron chi connectivity index (χ1n) is 8.99. The molecule has 1 aromatic carbocycles. The summed E-state index contributed by atoms with van der Waals surface area (Å²) in [6.07, 6.45) is 2.20. The van der Waals surface area contributed by atoms with Crippen molar-refractivity contribution in [2.45, 2.75) is 51.7 Å². The van der Waals surface area contributed by atoms with Gasteiger partial charge in [0, 0.05) is 18.1 Å². The zero-order chi connectivity index (χ0) is 19.5. The Morgan fingerprint density at radius 2 is 1.81 bits per heavy atom. The van der Waals surface area contributed by atoms with Gasteiger partial charge < -0.3 is 5.11 Å². The third-order valence-electron chi connectivity index (χ3n) is 4.85. The minimum absolute atomic E-state index is 0.120. The average Bonchev–Trinajstić information content (AvgIpc) is 2.61. The Morgan fingerprint density at radius 3 is 2.35 bits per heavy atom. The molecule has 0 aliphatic rings. The van der Waals surface area contributed by atoms with Gasteiger partial charge in [0.25, 0.3) is 0 Å². The van der Waals surface area contributed by atoms with Crippen molar-refractivity contribution >= 4 is 35.9 Å². The van der Waals surface area contributed by atoms with Gasteiger partial charge in [0.15, 0.2) is 5.82 Å². The molecule has 1 unspecified atom stereocenters. The number of aromatic nitrogens is 1. The molecule has 2 aromatic rings. The molecule has 0 aliphatic carbocycles. The van der Waals surface area contributed by atoms with Crippen LogP contribution >= 0.6 is 22.6 Å². The summed E-state index contributed by atoms with van der Waals surface area (Å²) >= 11 is 2.19. The van der Waals surface area contributed by atoms with E-state index >= 15 is 4.39 Å². The van der Waals surface area contributed by atoms with Crippen LogP contribution in [0.1, 0.15) is 38.2 Å². The molecule has 142 valence electrons. The molecular weight excluding hydrogens is 463 g/mol. The highest BCUT2D eigenvalue weighted by molar-refractivity contribution is 14.1. The van der Waals surface area contributed by atoms with Gasteiger partial charge in [0.05, 0.1) is 8.07 Å². The summed E-state index contributed by atoms with van der Waals surface area (Å²) in [5.41, 5.74) is 1.36. The Bertz CT molecular complexity index is 765. The van der Waals surface area contributed by atoms with E-state index < -0.39 is 8.07 Å². The zero-order valence-electron chi connectivity index (χ0n) is 15.7. The maximum Gasteiger partial charge on any atom is 0.152 e. The van der Waals surface area contributed by atoms with Gasteiger partial charge in [0.1, 0.15) is 15.2 Å². The zero-order valence-corrected chi connectivity index (χ0v) is 18.9. The molecule has 0 spiro atoms. The molecule has 0 fully saturated rings. The lowest BCUT2D eigenvalue weighted by Gasteiger charge is -2.29. The molecule has 1 N–H and O–H groups in total. The largest absolute Gasteiger partial charge is 0.396 e. The molecule has 1 heterocycles. The van der Waals surface area contributed by atoms with E-state index in [1.165, 1.54) is 12.1 Å². The fourth-order valence-electron chi connectivity index (χ4n) is 3.29. The number of pyridine rings is 1. The van der Waals surface area contributed by atoms with Gasteiger partial charge in [-0.3, -0.25) is 0 Å². The fraction of sp³-hybridized carbons (Fsp3) is 0.450. The van der Waals surface area contributed by atoms with Gasteiger partial charge in [0.2, 0.25) is 0 Å². The first-order chi connectivity index (χ1) is 12.2. The first kappa shape index (κ1) is 21.4. The van der Waals surface area contributed by atoms with E-state index in [-0.39, 0.29) is 29.9 Å². The molecule has 6 heteroatoms. The quantitative estimate of drug-likeness (QED) is 0.319. The molecule has 1 atom stereocenters. The van der Waals surface area contributed by atoms with Crippen molar-refractivity contribution in [2.75, 3.05) is 6.61 Å². The highest BCUT2D eigenvalue weighted by atomic mass is 127. The summed E-state index contributed by atoms with van der Waals surface area (Å²) in [7, 11) is -1.91. The summed E-state index contributed by atoms with van der Waals surface area (Å²) in [6, 6.07) is 6.77. The lowest BCUT2D eigenvalue weighted by molar-refractivity contribution is 0.271. The maximum atomic E-state index is 15.5. The van der Waals surface area contributed by atoms with Gasteiger partial charge in [-0.05, 0) is 57.6 Å². The van der Waals surface area contributed by atoms with E-state index in [1.807, 2.05) is 6.92 Å². The van der Waals surface area contributed by atoms with E-state index in [9.17, 15) is 9.50 Å². The molecule has 0 amide bonds. The fourth-order valence-corrected chi connectivity index (χ4v) is 9.20. The van der Waals surface area contributed by atoms with Crippen molar-refractivity contribution in [3.8, 4) is 11.3 Å². The van der Waals surface area contributed by atoms with Crippen LogP contribution in [0, 0.1) is 15.3 Å². The van der Waals surface area contributed by atoms with Crippen LogP contribution in [0.3, 0.4) is 0 Å². The molecule has 0 aliphatic heterocycles. The molecule has 0 radical (unpaired) electrons. The Kier molecular flexibility index (Phi) is 7.32. The lowest BCUT2D eigenvalue weighted by Crippen LogP contribution is -2.47. The third-order valence-corrected chi connectivity index (χ3v) is 9.60. The number of unbranched alkanes of at least 4 members (excludes halogenated alkanes) is 1. The summed E-state index contributed by atoms with van der Waals surface area (Å²) in [5.74, 6) is -1.06. The monoisotopic (exact) mass is 489 g/mol. The van der Waals surface area contributed by atoms with E-state index in [2.05, 4.69) is 47.6 Å². The minimum Gasteiger partial charge on any atom is -0.396 e. The van der Waals surface area contributed by atoms with E-state index in [0.717, 1.165) is 27.8 Å². The van der Waals surface area contributed by atoms with Crippen LogP contribution in [0.15, 0.2) is 24.3 Å². The average molecular weight is 489 g/mol. The van der Waals surface area contributed by atoms with Crippen LogP contribution in [0.2, 0.25) is 19.1 Å². The second-order valence-corrected chi connectivity index (χ2v) is 13.2. The Hall–Kier alpha value is -0.863. The lowest BCUT2D eigenvalue weighted by atomic mass is 9.99. The van der Waals surface area contributed by atoms with Gasteiger partial charge in [-0.2, -0.15) is 0 Å². The van der Waals surface area contributed by atoms with Crippen molar-refractivity contribution in [3.05, 3.63) is 45.2 Å². The Labute approximate surface area is 169 Å². The maximum absolute atomic E-state index is 15.5. The standard InChI is InChI=1S/C20H26F2INOSi/c1-5-6-11-26(3,4)19-16(13(2)12-25)17(22)18(24-20(19)23)14-7-9-15(21)10-8-14/h7-10,13,25H,5-6,11-12H2,1-4H3. The highest BCUT2D eigenvalue weighted by Gasteiger charge is 2.33. The summed E-state index contributed by atoms with van der Waals surface area (Å²) in [4.78, 5) is 4.57. The molecule has 2 nitrogen and oxygen atoms in total. The smallest absolute Gasteiger partial charge is 0.152 e. The van der Waals surface area contributed by atoms with Gasteiger partial charge in [-0.1, -0.05) is 45.8 Å². The predicted octanol–water partition coefficient (Wildman–Crippen LogP) is 5.44. The number of benzene rings is 1. The predicted molar refractivity (Wildman–Crippen MR) is 115 cm³/mol. The number of halogens is 3. The molecule has 0 bridgehead atoms. The van der Waals surface area contributed by atoms with Crippen LogP contribution < -0.4 is 5.19 Å². The molecule has 26 heavy (non-hydrogen) atoms. The highest BCUT2D eigenvalue weighted by Crippen LogP contribution is 2.31. The normalized spacial score (nSPS) is 13.1. The number of aliphatic hydroxyl groups is 1. The molecule has 2 rings (SSSR count). The number of rotatable bonds is 7. The Morgan fingerprint density at radius 1 is 1.19 bits per heavy atom. The van der Waals surface area contributed by atoms with E-state index in [1.54, 1.807) is 12.1 Å². The number of hydrogen-bond acceptors (Lipinski definition) is 2. The second-order valence-electron chi connectivity index (χ2n) is 7.43. The van der Waals surface area contributed by atoms with Gasteiger partial charge >= 0.3 is 0 Å². The number of nitrogens with zero attached hydrogens (tertiary/aromatic N) is 1. The van der Waals surface area contributed by atoms with E-state index in [4.69, 9.17) is 0 Å². The van der Waals surface area contributed by atoms with Crippen LogP contribution in [-0.4, -0.2) is 24.8 Å². The van der Waals surface area contributed by atoms with Crippen LogP contribution in [-0.2, 0) is 0 Å².